The van der Waals surface area contributed by atoms with E-state index in [2.05, 4.69) is 36.9 Å². The zero-order valence-corrected chi connectivity index (χ0v) is 10.8. The van der Waals surface area contributed by atoms with Gasteiger partial charge in [0.25, 0.3) is 0 Å². The van der Waals surface area contributed by atoms with Crippen LogP contribution in [0.3, 0.4) is 0 Å². The summed E-state index contributed by atoms with van der Waals surface area (Å²) in [7, 11) is 0. The van der Waals surface area contributed by atoms with Gasteiger partial charge < -0.3 is 4.98 Å². The van der Waals surface area contributed by atoms with Crippen molar-refractivity contribution < 1.29 is 0 Å². The summed E-state index contributed by atoms with van der Waals surface area (Å²) in [6, 6.07) is 10.1. The molecule has 0 atom stereocenters. The van der Waals surface area contributed by atoms with E-state index >= 15 is 0 Å². The minimum Gasteiger partial charge on any atom is -0.341 e. The molecule has 0 aliphatic rings. The van der Waals surface area contributed by atoms with E-state index in [1.807, 2.05) is 31.2 Å². The Balaban J connectivity index is 2.26. The summed E-state index contributed by atoms with van der Waals surface area (Å²) in [5, 5.41) is 1.12. The first-order valence-electron chi connectivity index (χ1n) is 5.31. The van der Waals surface area contributed by atoms with Crippen LogP contribution in [-0.4, -0.2) is 15.0 Å². The van der Waals surface area contributed by atoms with Gasteiger partial charge >= 0.3 is 0 Å². The van der Waals surface area contributed by atoms with E-state index in [0.29, 0.717) is 0 Å². The van der Waals surface area contributed by atoms with Crippen LogP contribution in [0.25, 0.3) is 22.4 Å². The number of halogens is 1. The van der Waals surface area contributed by atoms with Crippen molar-refractivity contribution in [3.63, 3.8) is 0 Å². The molecule has 1 N–H and O–H groups in total. The molecule has 1 aromatic carbocycles. The van der Waals surface area contributed by atoms with Crippen LogP contribution in [0.1, 0.15) is 5.69 Å². The number of hydrogen-bond donors (Lipinski definition) is 1. The first kappa shape index (κ1) is 10.5. The molecule has 0 saturated heterocycles. The Kier molecular flexibility index (Phi) is 2.44. The summed E-state index contributed by atoms with van der Waals surface area (Å²) < 4.78 is 0.950. The Labute approximate surface area is 107 Å². The molecule has 0 bridgehead atoms. The zero-order valence-electron chi connectivity index (χ0n) is 9.24. The van der Waals surface area contributed by atoms with Crippen molar-refractivity contribution in [1.82, 2.24) is 15.0 Å². The standard InChI is InChI=1S/C13H10BrN3/c1-8-7-15-13(16-8)12-10(14)6-9-4-2-3-5-11(9)17-12/h2-7H,1H3,(H,15,16). The van der Waals surface area contributed by atoms with Crippen LogP contribution in [-0.2, 0) is 0 Å². The Morgan fingerprint density at radius 1 is 1.24 bits per heavy atom. The van der Waals surface area contributed by atoms with Crippen LogP contribution >= 0.6 is 15.9 Å². The average Bonchev–Trinajstić information content (AvgIpc) is 2.75. The summed E-state index contributed by atoms with van der Waals surface area (Å²) in [4.78, 5) is 12.1. The maximum Gasteiger partial charge on any atom is 0.157 e. The van der Waals surface area contributed by atoms with Crippen LogP contribution in [0.5, 0.6) is 0 Å². The molecule has 0 fully saturated rings. The molecule has 3 aromatic rings. The van der Waals surface area contributed by atoms with E-state index in [1.54, 1.807) is 6.20 Å². The van der Waals surface area contributed by atoms with Gasteiger partial charge in [-0.1, -0.05) is 18.2 Å². The molecule has 84 valence electrons. The summed E-state index contributed by atoms with van der Waals surface area (Å²) in [5.74, 6) is 0.792. The lowest BCUT2D eigenvalue weighted by molar-refractivity contribution is 1.21. The third kappa shape index (κ3) is 1.85. The van der Waals surface area contributed by atoms with Gasteiger partial charge in [-0.25, -0.2) is 9.97 Å². The molecule has 3 rings (SSSR count). The van der Waals surface area contributed by atoms with Crippen molar-refractivity contribution >= 4 is 26.8 Å². The summed E-state index contributed by atoms with van der Waals surface area (Å²) in [5.41, 5.74) is 2.85. The second kappa shape index (κ2) is 3.96. The van der Waals surface area contributed by atoms with Crippen LogP contribution < -0.4 is 0 Å². The molecule has 0 aliphatic carbocycles. The van der Waals surface area contributed by atoms with E-state index in [1.165, 1.54) is 0 Å². The number of nitrogens with zero attached hydrogens (tertiary/aromatic N) is 2. The third-order valence-electron chi connectivity index (χ3n) is 2.60. The lowest BCUT2D eigenvalue weighted by Gasteiger charge is -2.03. The highest BCUT2D eigenvalue weighted by molar-refractivity contribution is 9.10. The number of hydrogen-bond acceptors (Lipinski definition) is 2. The minimum atomic E-state index is 0.792. The molecule has 2 heterocycles. The number of H-pyrrole nitrogens is 1. The number of aromatic nitrogens is 3. The molecule has 0 radical (unpaired) electrons. The lowest BCUT2D eigenvalue weighted by Crippen LogP contribution is -1.89. The molecule has 4 heteroatoms. The highest BCUT2D eigenvalue weighted by atomic mass is 79.9. The van der Waals surface area contributed by atoms with Gasteiger partial charge in [0.1, 0.15) is 5.69 Å². The molecule has 2 aromatic heterocycles. The van der Waals surface area contributed by atoms with Crippen LogP contribution in [0.2, 0.25) is 0 Å². The number of nitrogens with one attached hydrogen (secondary N) is 1. The fourth-order valence-electron chi connectivity index (χ4n) is 1.79. The Morgan fingerprint density at radius 2 is 2.06 bits per heavy atom. The molecule has 0 aliphatic heterocycles. The topological polar surface area (TPSA) is 41.6 Å². The van der Waals surface area contributed by atoms with E-state index in [-0.39, 0.29) is 0 Å². The quantitative estimate of drug-likeness (QED) is 0.742. The maximum atomic E-state index is 4.62. The normalized spacial score (nSPS) is 10.9. The molecule has 3 nitrogen and oxygen atoms in total. The summed E-state index contributed by atoms with van der Waals surface area (Å²) in [6.45, 7) is 1.98. The molecule has 0 amide bonds. The van der Waals surface area contributed by atoms with Crippen molar-refractivity contribution in [2.75, 3.05) is 0 Å². The number of aromatic amines is 1. The number of aryl methyl sites for hydroxylation is 1. The fraction of sp³-hybridized carbons (Fsp3) is 0.0769. The molecule has 0 spiro atoms. The van der Waals surface area contributed by atoms with Gasteiger partial charge in [-0.15, -0.1) is 0 Å². The molecule has 17 heavy (non-hydrogen) atoms. The van der Waals surface area contributed by atoms with Crippen molar-refractivity contribution in [3.05, 3.63) is 46.7 Å². The molecular formula is C13H10BrN3. The van der Waals surface area contributed by atoms with Gasteiger partial charge in [-0.3, -0.25) is 0 Å². The number of para-hydroxylation sites is 1. The predicted octanol–water partition coefficient (Wildman–Crippen LogP) is 3.70. The SMILES string of the molecule is Cc1cnc(-c2nc3ccccc3cc2Br)[nH]1. The monoisotopic (exact) mass is 287 g/mol. The largest absolute Gasteiger partial charge is 0.341 e. The third-order valence-corrected chi connectivity index (χ3v) is 3.21. The second-order valence-electron chi connectivity index (χ2n) is 3.93. The Bertz CT molecular complexity index is 688. The van der Waals surface area contributed by atoms with Crippen molar-refractivity contribution in [3.8, 4) is 11.5 Å². The van der Waals surface area contributed by atoms with Gasteiger partial charge in [0.2, 0.25) is 0 Å². The highest BCUT2D eigenvalue weighted by Gasteiger charge is 2.09. The van der Waals surface area contributed by atoms with E-state index in [0.717, 1.165) is 32.6 Å². The predicted molar refractivity (Wildman–Crippen MR) is 71.8 cm³/mol. The van der Waals surface area contributed by atoms with Crippen molar-refractivity contribution in [2.45, 2.75) is 6.92 Å². The number of benzene rings is 1. The summed E-state index contributed by atoms with van der Waals surface area (Å²) in [6.07, 6.45) is 1.80. The first-order chi connectivity index (χ1) is 8.24. The lowest BCUT2D eigenvalue weighted by atomic mass is 10.2. The van der Waals surface area contributed by atoms with Gasteiger partial charge in [0.05, 0.1) is 5.52 Å². The van der Waals surface area contributed by atoms with Crippen LogP contribution in [0.4, 0.5) is 0 Å². The smallest absolute Gasteiger partial charge is 0.157 e. The fourth-order valence-corrected chi connectivity index (χ4v) is 2.31. The number of pyridine rings is 1. The molecule has 0 unspecified atom stereocenters. The minimum absolute atomic E-state index is 0.792. The maximum absolute atomic E-state index is 4.62. The van der Waals surface area contributed by atoms with Crippen LogP contribution in [0.15, 0.2) is 41.0 Å². The number of imidazole rings is 1. The molecular weight excluding hydrogens is 278 g/mol. The van der Waals surface area contributed by atoms with Gasteiger partial charge in [0, 0.05) is 21.7 Å². The Morgan fingerprint density at radius 3 is 2.82 bits per heavy atom. The van der Waals surface area contributed by atoms with Gasteiger partial charge in [0.15, 0.2) is 5.82 Å². The Hall–Kier alpha value is -1.68. The van der Waals surface area contributed by atoms with Crippen LogP contribution in [0, 0.1) is 6.92 Å². The van der Waals surface area contributed by atoms with Gasteiger partial charge in [-0.05, 0) is 35.0 Å². The van der Waals surface area contributed by atoms with E-state index in [4.69, 9.17) is 0 Å². The van der Waals surface area contributed by atoms with E-state index in [9.17, 15) is 0 Å². The second-order valence-corrected chi connectivity index (χ2v) is 4.78. The zero-order chi connectivity index (χ0) is 11.8. The van der Waals surface area contributed by atoms with Gasteiger partial charge in [-0.2, -0.15) is 0 Å². The number of rotatable bonds is 1. The summed E-state index contributed by atoms with van der Waals surface area (Å²) >= 11 is 3.54. The first-order valence-corrected chi connectivity index (χ1v) is 6.10. The number of fused-ring (bicyclic) bond motifs is 1. The average molecular weight is 288 g/mol. The van der Waals surface area contributed by atoms with Crippen molar-refractivity contribution in [2.24, 2.45) is 0 Å². The molecule has 0 saturated carbocycles. The van der Waals surface area contributed by atoms with Crippen molar-refractivity contribution in [1.29, 1.82) is 0 Å². The highest BCUT2D eigenvalue weighted by Crippen LogP contribution is 2.27. The van der Waals surface area contributed by atoms with E-state index < -0.39 is 0 Å².